The molecule has 0 heterocycles. The van der Waals surface area contributed by atoms with Gasteiger partial charge in [0.1, 0.15) is 0 Å². The van der Waals surface area contributed by atoms with Gasteiger partial charge in [0.2, 0.25) is 0 Å². The zero-order chi connectivity index (χ0) is 10.3. The van der Waals surface area contributed by atoms with Crippen LogP contribution in [-0.4, -0.2) is 13.1 Å². The first kappa shape index (κ1) is 12.7. The van der Waals surface area contributed by atoms with Crippen LogP contribution in [0.25, 0.3) is 0 Å². The van der Waals surface area contributed by atoms with Crippen molar-refractivity contribution in [1.29, 1.82) is 0 Å². The van der Waals surface area contributed by atoms with Crippen molar-refractivity contribution in [3.8, 4) is 0 Å². The summed E-state index contributed by atoms with van der Waals surface area (Å²) in [5, 5.41) is 3.46. The van der Waals surface area contributed by atoms with Crippen LogP contribution in [0, 0.1) is 11.8 Å². The van der Waals surface area contributed by atoms with Crippen molar-refractivity contribution in [2.75, 3.05) is 13.1 Å². The molecule has 1 N–H and O–H groups in total. The molecular weight excluding hydrogens is 158 g/mol. The van der Waals surface area contributed by atoms with Crippen LogP contribution in [0.3, 0.4) is 0 Å². The first-order valence-corrected chi connectivity index (χ1v) is 5.43. The molecule has 13 heavy (non-hydrogen) atoms. The summed E-state index contributed by atoms with van der Waals surface area (Å²) in [6.45, 7) is 15.2. The standard InChI is InChI=1S/C12H25N/c1-6-7-13-9-12(5)11(4)8-10(2)3/h11-13H,2,6-9H2,1,3-5H3. The summed E-state index contributed by atoms with van der Waals surface area (Å²) in [6, 6.07) is 0. The van der Waals surface area contributed by atoms with E-state index in [-0.39, 0.29) is 0 Å². The fourth-order valence-electron chi connectivity index (χ4n) is 1.46. The Bertz CT molecular complexity index is 140. The average molecular weight is 183 g/mol. The minimum absolute atomic E-state index is 0.752. The molecule has 2 atom stereocenters. The second kappa shape index (κ2) is 7.14. The second-order valence-electron chi connectivity index (χ2n) is 4.32. The molecule has 1 nitrogen and oxygen atoms in total. The van der Waals surface area contributed by atoms with Crippen LogP contribution in [0.15, 0.2) is 12.2 Å². The van der Waals surface area contributed by atoms with E-state index in [0.29, 0.717) is 0 Å². The Morgan fingerprint density at radius 1 is 1.31 bits per heavy atom. The van der Waals surface area contributed by atoms with Crippen LogP contribution in [0.2, 0.25) is 0 Å². The van der Waals surface area contributed by atoms with E-state index in [1.165, 1.54) is 12.0 Å². The van der Waals surface area contributed by atoms with E-state index in [1.807, 2.05) is 0 Å². The summed E-state index contributed by atoms with van der Waals surface area (Å²) in [7, 11) is 0. The van der Waals surface area contributed by atoms with E-state index in [4.69, 9.17) is 0 Å². The maximum Gasteiger partial charge on any atom is -0.00205 e. The van der Waals surface area contributed by atoms with Crippen molar-refractivity contribution in [2.24, 2.45) is 11.8 Å². The van der Waals surface area contributed by atoms with Gasteiger partial charge in [-0.25, -0.2) is 0 Å². The quantitative estimate of drug-likeness (QED) is 0.472. The fourth-order valence-corrected chi connectivity index (χ4v) is 1.46. The number of nitrogens with one attached hydrogen (secondary N) is 1. The molecule has 0 aliphatic heterocycles. The lowest BCUT2D eigenvalue weighted by Crippen LogP contribution is -2.25. The predicted molar refractivity (Wildman–Crippen MR) is 60.9 cm³/mol. The third-order valence-corrected chi connectivity index (χ3v) is 2.53. The Balaban J connectivity index is 3.56. The molecule has 0 aromatic heterocycles. The van der Waals surface area contributed by atoms with E-state index in [9.17, 15) is 0 Å². The number of hydrogen-bond acceptors (Lipinski definition) is 1. The second-order valence-corrected chi connectivity index (χ2v) is 4.32. The van der Waals surface area contributed by atoms with Crippen LogP contribution >= 0.6 is 0 Å². The highest BCUT2D eigenvalue weighted by Gasteiger charge is 2.11. The minimum Gasteiger partial charge on any atom is -0.316 e. The Hall–Kier alpha value is -0.300. The van der Waals surface area contributed by atoms with E-state index in [1.54, 1.807) is 0 Å². The van der Waals surface area contributed by atoms with Crippen LogP contribution in [0.4, 0.5) is 0 Å². The van der Waals surface area contributed by atoms with Gasteiger partial charge < -0.3 is 5.32 Å². The van der Waals surface area contributed by atoms with Crippen LogP contribution < -0.4 is 5.32 Å². The molecule has 2 unspecified atom stereocenters. The van der Waals surface area contributed by atoms with Gasteiger partial charge >= 0.3 is 0 Å². The summed E-state index contributed by atoms with van der Waals surface area (Å²) >= 11 is 0. The lowest BCUT2D eigenvalue weighted by molar-refractivity contribution is 0.365. The largest absolute Gasteiger partial charge is 0.316 e. The van der Waals surface area contributed by atoms with Gasteiger partial charge in [-0.05, 0) is 44.7 Å². The van der Waals surface area contributed by atoms with Gasteiger partial charge in [0.25, 0.3) is 0 Å². The van der Waals surface area contributed by atoms with E-state index in [2.05, 4.69) is 39.6 Å². The van der Waals surface area contributed by atoms with Crippen LogP contribution in [-0.2, 0) is 0 Å². The van der Waals surface area contributed by atoms with Gasteiger partial charge in [-0.15, -0.1) is 6.58 Å². The van der Waals surface area contributed by atoms with Gasteiger partial charge in [-0.2, -0.15) is 0 Å². The topological polar surface area (TPSA) is 12.0 Å². The van der Waals surface area contributed by atoms with Gasteiger partial charge in [-0.3, -0.25) is 0 Å². The molecule has 0 rings (SSSR count). The highest BCUT2D eigenvalue weighted by Crippen LogP contribution is 2.17. The molecule has 0 aliphatic carbocycles. The summed E-state index contributed by atoms with van der Waals surface area (Å²) in [6.07, 6.45) is 2.39. The van der Waals surface area contributed by atoms with Gasteiger partial charge in [0, 0.05) is 0 Å². The molecular formula is C12H25N. The summed E-state index contributed by atoms with van der Waals surface area (Å²) in [4.78, 5) is 0. The molecule has 0 bridgehead atoms. The number of rotatable bonds is 7. The maximum absolute atomic E-state index is 3.95. The fraction of sp³-hybridized carbons (Fsp3) is 0.833. The molecule has 0 spiro atoms. The molecule has 1 heteroatoms. The van der Waals surface area contributed by atoms with Gasteiger partial charge in [0.15, 0.2) is 0 Å². The highest BCUT2D eigenvalue weighted by molar-refractivity contribution is 4.90. The van der Waals surface area contributed by atoms with Gasteiger partial charge in [-0.1, -0.05) is 26.3 Å². The molecule has 0 aromatic carbocycles. The SMILES string of the molecule is C=C(C)CC(C)C(C)CNCCC. The summed E-state index contributed by atoms with van der Waals surface area (Å²) < 4.78 is 0. The number of allylic oxidation sites excluding steroid dienone is 1. The highest BCUT2D eigenvalue weighted by atomic mass is 14.8. The summed E-state index contributed by atoms with van der Waals surface area (Å²) in [5.41, 5.74) is 1.30. The number of hydrogen-bond donors (Lipinski definition) is 1. The first-order valence-electron chi connectivity index (χ1n) is 5.43. The molecule has 0 aliphatic rings. The molecule has 0 saturated carbocycles. The van der Waals surface area contributed by atoms with Crippen molar-refractivity contribution >= 4 is 0 Å². The minimum atomic E-state index is 0.752. The summed E-state index contributed by atoms with van der Waals surface area (Å²) in [5.74, 6) is 1.50. The van der Waals surface area contributed by atoms with E-state index >= 15 is 0 Å². The van der Waals surface area contributed by atoms with Crippen molar-refractivity contribution in [3.05, 3.63) is 12.2 Å². The Labute approximate surface area is 83.6 Å². The molecule has 78 valence electrons. The normalized spacial score (nSPS) is 15.4. The van der Waals surface area contributed by atoms with Crippen LogP contribution in [0.5, 0.6) is 0 Å². The lowest BCUT2D eigenvalue weighted by atomic mass is 9.90. The monoisotopic (exact) mass is 183 g/mol. The van der Waals surface area contributed by atoms with E-state index < -0.39 is 0 Å². The molecule has 0 saturated heterocycles. The smallest absolute Gasteiger partial charge is 0.00205 e. The van der Waals surface area contributed by atoms with Gasteiger partial charge in [0.05, 0.1) is 0 Å². The Morgan fingerprint density at radius 2 is 1.92 bits per heavy atom. The van der Waals surface area contributed by atoms with Crippen LogP contribution in [0.1, 0.15) is 40.5 Å². The third-order valence-electron chi connectivity index (χ3n) is 2.53. The van der Waals surface area contributed by atoms with Crippen molar-refractivity contribution in [3.63, 3.8) is 0 Å². The Kier molecular flexibility index (Phi) is 6.97. The molecule has 0 aromatic rings. The zero-order valence-corrected chi connectivity index (χ0v) is 9.69. The average Bonchev–Trinajstić information content (AvgIpc) is 2.03. The maximum atomic E-state index is 3.95. The Morgan fingerprint density at radius 3 is 2.38 bits per heavy atom. The zero-order valence-electron chi connectivity index (χ0n) is 9.69. The molecule has 0 radical (unpaired) electrons. The van der Waals surface area contributed by atoms with Crippen molar-refractivity contribution < 1.29 is 0 Å². The first-order chi connectivity index (χ1) is 6.07. The van der Waals surface area contributed by atoms with Crippen molar-refractivity contribution in [2.45, 2.75) is 40.5 Å². The third kappa shape index (κ3) is 6.83. The molecule has 0 fully saturated rings. The predicted octanol–water partition coefficient (Wildman–Crippen LogP) is 3.22. The molecule has 0 amide bonds. The lowest BCUT2D eigenvalue weighted by Gasteiger charge is -2.20. The van der Waals surface area contributed by atoms with Crippen molar-refractivity contribution in [1.82, 2.24) is 5.32 Å². The van der Waals surface area contributed by atoms with E-state index in [0.717, 1.165) is 31.3 Å².